The van der Waals surface area contributed by atoms with E-state index in [4.69, 9.17) is 11.6 Å². The van der Waals surface area contributed by atoms with Gasteiger partial charge in [0, 0.05) is 22.0 Å². The fraction of sp³-hybridized carbons (Fsp3) is 0.107. The lowest BCUT2D eigenvalue weighted by molar-refractivity contribution is 0.102. The summed E-state index contributed by atoms with van der Waals surface area (Å²) in [7, 11) is -7.85. The Labute approximate surface area is 233 Å². The van der Waals surface area contributed by atoms with E-state index in [1.165, 1.54) is 42.5 Å². The molecule has 202 valence electrons. The predicted octanol–water partition coefficient (Wildman–Crippen LogP) is 6.12. The monoisotopic (exact) mass is 583 g/mol. The molecule has 4 rings (SSSR count). The van der Waals surface area contributed by atoms with Crippen LogP contribution in [0.25, 0.3) is 0 Å². The Kier molecular flexibility index (Phi) is 8.01. The van der Waals surface area contributed by atoms with Gasteiger partial charge < -0.3 is 5.32 Å². The molecule has 4 aromatic carbocycles. The minimum absolute atomic E-state index is 0.0110. The molecule has 0 atom stereocenters. The van der Waals surface area contributed by atoms with Gasteiger partial charge in [0.25, 0.3) is 26.0 Å². The van der Waals surface area contributed by atoms with Crippen LogP contribution in [0, 0.1) is 20.8 Å². The van der Waals surface area contributed by atoms with Gasteiger partial charge in [0.15, 0.2) is 0 Å². The van der Waals surface area contributed by atoms with Crippen molar-refractivity contribution >= 4 is 54.6 Å². The SMILES string of the molecule is Cc1cccc(NS(=O)(=O)c2cc(C(=O)Nc3ccc(S(=O)(=O)Nc4ccc(C)c(Cl)c4)cc3)ccc2C)c1. The minimum atomic E-state index is -3.95. The zero-order valence-electron chi connectivity index (χ0n) is 21.3. The second-order valence-corrected chi connectivity index (χ2v) is 12.7. The zero-order valence-corrected chi connectivity index (χ0v) is 23.7. The largest absolute Gasteiger partial charge is 0.322 e. The molecule has 0 aliphatic carbocycles. The van der Waals surface area contributed by atoms with E-state index < -0.39 is 26.0 Å². The van der Waals surface area contributed by atoms with Crippen molar-refractivity contribution in [1.29, 1.82) is 0 Å². The maximum absolute atomic E-state index is 13.1. The summed E-state index contributed by atoms with van der Waals surface area (Å²) in [6.45, 7) is 5.31. The zero-order chi connectivity index (χ0) is 28.4. The summed E-state index contributed by atoms with van der Waals surface area (Å²) in [4.78, 5) is 12.9. The second kappa shape index (κ2) is 11.1. The van der Waals surface area contributed by atoms with Crippen molar-refractivity contribution in [2.45, 2.75) is 30.6 Å². The van der Waals surface area contributed by atoms with Gasteiger partial charge in [-0.05, 0) is 98.1 Å². The number of rotatable bonds is 8. The van der Waals surface area contributed by atoms with Crippen molar-refractivity contribution in [1.82, 2.24) is 0 Å². The number of sulfonamides is 2. The predicted molar refractivity (Wildman–Crippen MR) is 155 cm³/mol. The molecule has 0 aliphatic rings. The van der Waals surface area contributed by atoms with Gasteiger partial charge >= 0.3 is 0 Å². The van der Waals surface area contributed by atoms with E-state index in [9.17, 15) is 21.6 Å². The Bertz CT molecular complexity index is 1770. The number of nitrogens with one attached hydrogen (secondary N) is 3. The highest BCUT2D eigenvalue weighted by atomic mass is 35.5. The first-order chi connectivity index (χ1) is 18.3. The molecular weight excluding hydrogens is 558 g/mol. The molecular formula is C28H26ClN3O5S2. The van der Waals surface area contributed by atoms with Crippen LogP contribution in [0.5, 0.6) is 0 Å². The highest BCUT2D eigenvalue weighted by Crippen LogP contribution is 2.25. The van der Waals surface area contributed by atoms with E-state index in [2.05, 4.69) is 14.8 Å². The van der Waals surface area contributed by atoms with Gasteiger partial charge in [-0.2, -0.15) is 0 Å². The van der Waals surface area contributed by atoms with E-state index in [-0.39, 0.29) is 15.4 Å². The van der Waals surface area contributed by atoms with Crippen LogP contribution < -0.4 is 14.8 Å². The first kappa shape index (κ1) is 28.2. The molecule has 0 saturated heterocycles. The molecule has 11 heteroatoms. The van der Waals surface area contributed by atoms with Gasteiger partial charge in [-0.15, -0.1) is 0 Å². The third kappa shape index (κ3) is 6.78. The van der Waals surface area contributed by atoms with E-state index >= 15 is 0 Å². The Morgan fingerprint density at radius 3 is 1.95 bits per heavy atom. The van der Waals surface area contributed by atoms with Crippen molar-refractivity contribution in [2.75, 3.05) is 14.8 Å². The number of hydrogen-bond donors (Lipinski definition) is 3. The van der Waals surface area contributed by atoms with E-state index in [0.717, 1.165) is 11.1 Å². The number of carbonyl (C=O) groups is 1. The van der Waals surface area contributed by atoms with Crippen molar-refractivity contribution in [2.24, 2.45) is 0 Å². The van der Waals surface area contributed by atoms with E-state index in [1.54, 1.807) is 43.3 Å². The van der Waals surface area contributed by atoms with Crippen LogP contribution in [-0.4, -0.2) is 22.7 Å². The van der Waals surface area contributed by atoms with Crippen molar-refractivity contribution < 1.29 is 21.6 Å². The summed E-state index contributed by atoms with van der Waals surface area (Å²) in [5.41, 5.74) is 3.39. The fourth-order valence-corrected chi connectivity index (χ4v) is 6.29. The summed E-state index contributed by atoms with van der Waals surface area (Å²) < 4.78 is 56.6. The molecule has 0 bridgehead atoms. The van der Waals surface area contributed by atoms with Crippen LogP contribution >= 0.6 is 11.6 Å². The molecule has 3 N–H and O–H groups in total. The Hall–Kier alpha value is -3.86. The summed E-state index contributed by atoms with van der Waals surface area (Å²) >= 11 is 6.08. The maximum atomic E-state index is 13.1. The van der Waals surface area contributed by atoms with E-state index in [0.29, 0.717) is 27.6 Å². The van der Waals surface area contributed by atoms with Crippen LogP contribution in [0.2, 0.25) is 5.02 Å². The van der Waals surface area contributed by atoms with Crippen molar-refractivity contribution in [3.63, 3.8) is 0 Å². The van der Waals surface area contributed by atoms with Gasteiger partial charge in [0.05, 0.1) is 15.5 Å². The van der Waals surface area contributed by atoms with Crippen molar-refractivity contribution in [3.05, 3.63) is 112 Å². The van der Waals surface area contributed by atoms with Gasteiger partial charge in [-0.1, -0.05) is 35.9 Å². The van der Waals surface area contributed by atoms with Crippen LogP contribution in [-0.2, 0) is 20.0 Å². The molecule has 0 fully saturated rings. The first-order valence-corrected chi connectivity index (χ1v) is 15.1. The number of anilines is 3. The highest BCUT2D eigenvalue weighted by molar-refractivity contribution is 7.93. The lowest BCUT2D eigenvalue weighted by Gasteiger charge is -2.13. The third-order valence-electron chi connectivity index (χ3n) is 5.86. The summed E-state index contributed by atoms with van der Waals surface area (Å²) in [5, 5.41) is 3.11. The molecule has 1 amide bonds. The number of aryl methyl sites for hydroxylation is 3. The average Bonchev–Trinajstić information content (AvgIpc) is 2.86. The second-order valence-electron chi connectivity index (χ2n) is 9.00. The smallest absolute Gasteiger partial charge is 0.262 e. The van der Waals surface area contributed by atoms with Crippen LogP contribution in [0.15, 0.2) is 94.7 Å². The molecule has 0 unspecified atom stereocenters. The molecule has 4 aromatic rings. The minimum Gasteiger partial charge on any atom is -0.322 e. The van der Waals surface area contributed by atoms with Crippen LogP contribution in [0.1, 0.15) is 27.0 Å². The Balaban J connectivity index is 1.49. The Morgan fingerprint density at radius 1 is 0.667 bits per heavy atom. The quantitative estimate of drug-likeness (QED) is 0.231. The average molecular weight is 584 g/mol. The fourth-order valence-electron chi connectivity index (χ4n) is 3.74. The van der Waals surface area contributed by atoms with Gasteiger partial charge in [-0.3, -0.25) is 14.2 Å². The molecule has 0 aromatic heterocycles. The number of hydrogen-bond acceptors (Lipinski definition) is 5. The number of amides is 1. The first-order valence-electron chi connectivity index (χ1n) is 11.7. The molecule has 8 nitrogen and oxygen atoms in total. The van der Waals surface area contributed by atoms with Gasteiger partial charge in [-0.25, -0.2) is 16.8 Å². The molecule has 0 aliphatic heterocycles. The summed E-state index contributed by atoms with van der Waals surface area (Å²) in [6, 6.07) is 21.8. The molecule has 39 heavy (non-hydrogen) atoms. The van der Waals surface area contributed by atoms with Crippen LogP contribution in [0.4, 0.5) is 17.1 Å². The van der Waals surface area contributed by atoms with Gasteiger partial charge in [0.1, 0.15) is 0 Å². The standard InChI is InChI=1S/C28H26ClN3O5S2/c1-18-5-4-6-23(15-18)32-39(36,37)27-16-21(9-7-20(27)3)28(33)30-22-11-13-25(14-12-22)38(34,35)31-24-10-8-19(2)26(29)17-24/h4-17,31-32H,1-3H3,(H,30,33). The Morgan fingerprint density at radius 2 is 1.28 bits per heavy atom. The van der Waals surface area contributed by atoms with Crippen molar-refractivity contribution in [3.8, 4) is 0 Å². The number of halogens is 1. The number of carbonyl (C=O) groups excluding carboxylic acids is 1. The number of benzene rings is 4. The molecule has 0 heterocycles. The normalized spacial score (nSPS) is 11.6. The molecule has 0 spiro atoms. The highest BCUT2D eigenvalue weighted by Gasteiger charge is 2.20. The lowest BCUT2D eigenvalue weighted by atomic mass is 10.1. The lowest BCUT2D eigenvalue weighted by Crippen LogP contribution is -2.17. The third-order valence-corrected chi connectivity index (χ3v) is 9.18. The molecule has 0 radical (unpaired) electrons. The van der Waals surface area contributed by atoms with E-state index in [1.807, 2.05) is 19.9 Å². The summed E-state index contributed by atoms with van der Waals surface area (Å²) in [5.74, 6) is -0.551. The topological polar surface area (TPSA) is 121 Å². The van der Waals surface area contributed by atoms with Crippen LogP contribution in [0.3, 0.4) is 0 Å². The maximum Gasteiger partial charge on any atom is 0.262 e. The van der Waals surface area contributed by atoms with Gasteiger partial charge in [0.2, 0.25) is 0 Å². The summed E-state index contributed by atoms with van der Waals surface area (Å²) in [6.07, 6.45) is 0. The molecule has 0 saturated carbocycles.